The topological polar surface area (TPSA) is 88.0 Å². The molecule has 0 saturated carbocycles. The predicted molar refractivity (Wildman–Crippen MR) is 91.6 cm³/mol. The van der Waals surface area contributed by atoms with Crippen molar-refractivity contribution in [2.75, 3.05) is 6.54 Å². The lowest BCUT2D eigenvalue weighted by atomic mass is 9.99. The van der Waals surface area contributed by atoms with Crippen LogP contribution in [0.5, 0.6) is 0 Å². The summed E-state index contributed by atoms with van der Waals surface area (Å²) in [7, 11) is 0. The van der Waals surface area contributed by atoms with Crippen molar-refractivity contribution >= 4 is 5.91 Å². The van der Waals surface area contributed by atoms with Gasteiger partial charge in [0, 0.05) is 18.3 Å². The van der Waals surface area contributed by atoms with E-state index in [1.807, 2.05) is 24.3 Å². The van der Waals surface area contributed by atoms with Gasteiger partial charge >= 0.3 is 0 Å². The molecule has 0 aliphatic heterocycles. The molecular formula is C18H23N3O2. The lowest BCUT2D eigenvalue weighted by Crippen LogP contribution is -2.35. The number of hydrogen-bond donors (Lipinski definition) is 3. The number of carbonyl (C=O) groups excluding carboxylic acids is 1. The highest BCUT2D eigenvalue weighted by atomic mass is 16.2. The van der Waals surface area contributed by atoms with Crippen molar-refractivity contribution in [1.29, 1.82) is 0 Å². The first-order valence-electron chi connectivity index (χ1n) is 7.72. The maximum atomic E-state index is 12.1. The van der Waals surface area contributed by atoms with Crippen LogP contribution in [0.3, 0.4) is 0 Å². The third-order valence-electron chi connectivity index (χ3n) is 3.81. The van der Waals surface area contributed by atoms with Crippen LogP contribution in [0.15, 0.2) is 41.2 Å². The van der Waals surface area contributed by atoms with Crippen LogP contribution in [0.2, 0.25) is 0 Å². The molecule has 0 aliphatic rings. The highest BCUT2D eigenvalue weighted by Gasteiger charge is 2.13. The average molecular weight is 313 g/mol. The molecule has 122 valence electrons. The second-order valence-electron chi connectivity index (χ2n) is 6.02. The van der Waals surface area contributed by atoms with E-state index in [1.165, 1.54) is 11.6 Å². The van der Waals surface area contributed by atoms with Crippen molar-refractivity contribution in [3.63, 3.8) is 0 Å². The molecule has 23 heavy (non-hydrogen) atoms. The Labute approximate surface area is 135 Å². The quantitative estimate of drug-likeness (QED) is 0.791. The SMILES string of the molecule is Cc1ccc(C(=O)NCC(N)c2ccc(C(C)C)cc2)c(=O)[nH]1. The van der Waals surface area contributed by atoms with E-state index in [-0.39, 0.29) is 18.2 Å². The van der Waals surface area contributed by atoms with Gasteiger partial charge in [0.05, 0.1) is 0 Å². The smallest absolute Gasteiger partial charge is 0.260 e. The van der Waals surface area contributed by atoms with Crippen LogP contribution in [-0.2, 0) is 0 Å². The first-order valence-corrected chi connectivity index (χ1v) is 7.72. The van der Waals surface area contributed by atoms with Crippen molar-refractivity contribution in [1.82, 2.24) is 10.3 Å². The van der Waals surface area contributed by atoms with Crippen LogP contribution in [0.4, 0.5) is 0 Å². The van der Waals surface area contributed by atoms with E-state index >= 15 is 0 Å². The zero-order valence-corrected chi connectivity index (χ0v) is 13.7. The largest absolute Gasteiger partial charge is 0.350 e. The van der Waals surface area contributed by atoms with Crippen molar-refractivity contribution in [2.45, 2.75) is 32.7 Å². The lowest BCUT2D eigenvalue weighted by Gasteiger charge is -2.14. The number of nitrogens with one attached hydrogen (secondary N) is 2. The Balaban J connectivity index is 1.99. The molecular weight excluding hydrogens is 290 g/mol. The molecule has 0 fully saturated rings. The van der Waals surface area contributed by atoms with Crippen LogP contribution in [0.1, 0.15) is 53.0 Å². The van der Waals surface area contributed by atoms with E-state index in [2.05, 4.69) is 24.1 Å². The summed E-state index contributed by atoms with van der Waals surface area (Å²) in [5.41, 5.74) is 8.73. The van der Waals surface area contributed by atoms with Crippen molar-refractivity contribution in [2.24, 2.45) is 5.73 Å². The monoisotopic (exact) mass is 313 g/mol. The molecule has 0 radical (unpaired) electrons. The summed E-state index contributed by atoms with van der Waals surface area (Å²) in [4.78, 5) is 26.4. The normalized spacial score (nSPS) is 12.2. The molecule has 1 amide bonds. The number of aromatic amines is 1. The molecule has 1 aromatic heterocycles. The Morgan fingerprint density at radius 1 is 1.13 bits per heavy atom. The number of aromatic nitrogens is 1. The zero-order chi connectivity index (χ0) is 17.0. The van der Waals surface area contributed by atoms with Crippen LogP contribution in [0, 0.1) is 6.92 Å². The summed E-state index contributed by atoms with van der Waals surface area (Å²) in [6.07, 6.45) is 0. The van der Waals surface area contributed by atoms with E-state index < -0.39 is 11.5 Å². The van der Waals surface area contributed by atoms with Gasteiger partial charge < -0.3 is 16.0 Å². The summed E-state index contributed by atoms with van der Waals surface area (Å²) in [6, 6.07) is 11.0. The maximum Gasteiger partial charge on any atom is 0.260 e. The molecule has 0 saturated heterocycles. The van der Waals surface area contributed by atoms with Gasteiger partial charge in [0.2, 0.25) is 0 Å². The number of pyridine rings is 1. The van der Waals surface area contributed by atoms with Crippen LogP contribution in [0.25, 0.3) is 0 Å². The Hall–Kier alpha value is -2.40. The summed E-state index contributed by atoms with van der Waals surface area (Å²) in [5, 5.41) is 2.71. The van der Waals surface area contributed by atoms with E-state index in [0.29, 0.717) is 11.6 Å². The minimum Gasteiger partial charge on any atom is -0.350 e. The maximum absolute atomic E-state index is 12.1. The second-order valence-corrected chi connectivity index (χ2v) is 6.02. The lowest BCUT2D eigenvalue weighted by molar-refractivity contribution is 0.0949. The fraction of sp³-hybridized carbons (Fsp3) is 0.333. The standard InChI is InChI=1S/C18H23N3O2/c1-11(2)13-5-7-14(8-6-13)16(19)10-20-17(22)15-9-4-12(3)21-18(15)23/h4-9,11,16H,10,19H2,1-3H3,(H,20,22)(H,21,23). The highest BCUT2D eigenvalue weighted by Crippen LogP contribution is 2.17. The number of hydrogen-bond acceptors (Lipinski definition) is 3. The number of amides is 1. The molecule has 1 unspecified atom stereocenters. The molecule has 1 atom stereocenters. The van der Waals surface area contributed by atoms with Gasteiger partial charge in [0.15, 0.2) is 0 Å². The molecule has 5 heteroatoms. The average Bonchev–Trinajstić information content (AvgIpc) is 2.52. The number of H-pyrrole nitrogens is 1. The van der Waals surface area contributed by atoms with Crippen molar-refractivity contribution in [3.05, 3.63) is 69.1 Å². The number of nitrogens with two attached hydrogens (primary N) is 1. The molecule has 4 N–H and O–H groups in total. The van der Waals surface area contributed by atoms with Gasteiger partial charge in [-0.05, 0) is 36.1 Å². The third-order valence-corrected chi connectivity index (χ3v) is 3.81. The van der Waals surface area contributed by atoms with Gasteiger partial charge in [0.1, 0.15) is 5.56 Å². The molecule has 1 aromatic carbocycles. The van der Waals surface area contributed by atoms with Gasteiger partial charge in [-0.25, -0.2) is 0 Å². The Morgan fingerprint density at radius 2 is 1.74 bits per heavy atom. The van der Waals surface area contributed by atoms with Crippen LogP contribution >= 0.6 is 0 Å². The van der Waals surface area contributed by atoms with Gasteiger partial charge in [-0.15, -0.1) is 0 Å². The fourth-order valence-electron chi connectivity index (χ4n) is 2.29. The Morgan fingerprint density at radius 3 is 2.30 bits per heavy atom. The van der Waals surface area contributed by atoms with Crippen molar-refractivity contribution in [3.8, 4) is 0 Å². The second kappa shape index (κ2) is 7.24. The van der Waals surface area contributed by atoms with E-state index in [4.69, 9.17) is 5.73 Å². The van der Waals surface area contributed by atoms with E-state index in [1.54, 1.807) is 13.0 Å². The fourth-order valence-corrected chi connectivity index (χ4v) is 2.29. The molecule has 2 rings (SSSR count). The van der Waals surface area contributed by atoms with Gasteiger partial charge in [0.25, 0.3) is 11.5 Å². The summed E-state index contributed by atoms with van der Waals surface area (Å²) in [6.45, 7) is 6.30. The van der Waals surface area contributed by atoms with Gasteiger partial charge in [-0.3, -0.25) is 9.59 Å². The minimum absolute atomic E-state index is 0.0953. The first kappa shape index (κ1) is 17.0. The van der Waals surface area contributed by atoms with E-state index in [0.717, 1.165) is 5.56 Å². The third kappa shape index (κ3) is 4.29. The number of carbonyl (C=O) groups is 1. The zero-order valence-electron chi connectivity index (χ0n) is 13.7. The molecule has 5 nitrogen and oxygen atoms in total. The number of rotatable bonds is 5. The highest BCUT2D eigenvalue weighted by molar-refractivity contribution is 5.93. The number of aryl methyl sites for hydroxylation is 1. The molecule has 0 spiro atoms. The van der Waals surface area contributed by atoms with Gasteiger partial charge in [-0.1, -0.05) is 38.1 Å². The minimum atomic E-state index is -0.416. The summed E-state index contributed by atoms with van der Waals surface area (Å²) in [5.74, 6) is 0.0498. The summed E-state index contributed by atoms with van der Waals surface area (Å²) >= 11 is 0. The Kier molecular flexibility index (Phi) is 5.34. The van der Waals surface area contributed by atoms with E-state index in [9.17, 15) is 9.59 Å². The first-order chi connectivity index (χ1) is 10.9. The molecule has 0 aliphatic carbocycles. The van der Waals surface area contributed by atoms with Crippen LogP contribution in [-0.4, -0.2) is 17.4 Å². The summed E-state index contributed by atoms with van der Waals surface area (Å²) < 4.78 is 0. The number of benzene rings is 1. The Bertz CT molecular complexity index is 733. The predicted octanol–water partition coefficient (Wildman–Crippen LogP) is 2.24. The molecule has 1 heterocycles. The molecule has 2 aromatic rings. The van der Waals surface area contributed by atoms with Gasteiger partial charge in [-0.2, -0.15) is 0 Å². The molecule has 0 bridgehead atoms. The van der Waals surface area contributed by atoms with Crippen LogP contribution < -0.4 is 16.6 Å². The van der Waals surface area contributed by atoms with Crippen molar-refractivity contribution < 1.29 is 4.79 Å².